The summed E-state index contributed by atoms with van der Waals surface area (Å²) in [6.45, 7) is 21.4. The third kappa shape index (κ3) is 3.70. The van der Waals surface area contributed by atoms with Gasteiger partial charge >= 0.3 is 0 Å². The third-order valence-electron chi connectivity index (χ3n) is 13.9. The molecule has 3 saturated carbocycles. The Morgan fingerprint density at radius 1 is 1.05 bits per heavy atom. The predicted molar refractivity (Wildman–Crippen MR) is 162 cm³/mol. The first-order valence-corrected chi connectivity index (χ1v) is 16.0. The van der Waals surface area contributed by atoms with Crippen molar-refractivity contribution in [1.82, 2.24) is 9.78 Å². The van der Waals surface area contributed by atoms with Gasteiger partial charge in [0.15, 0.2) is 5.78 Å². The Kier molecular flexibility index (Phi) is 6.04. The van der Waals surface area contributed by atoms with Crippen LogP contribution in [0.4, 0.5) is 0 Å². The number of carbonyl (C=O) groups is 1. The summed E-state index contributed by atoms with van der Waals surface area (Å²) in [5.74, 6) is 1.09. The minimum Gasteiger partial charge on any atom is -0.511 e. The van der Waals surface area contributed by atoms with Crippen molar-refractivity contribution in [3.63, 3.8) is 0 Å². The first kappa shape index (κ1) is 28.8. The highest BCUT2D eigenvalue weighted by molar-refractivity contribution is 5.95. The summed E-state index contributed by atoms with van der Waals surface area (Å²) in [4.78, 5) is 14.7. The van der Waals surface area contributed by atoms with Crippen LogP contribution < -0.4 is 0 Å². The van der Waals surface area contributed by atoms with Crippen LogP contribution in [0.25, 0.3) is 0 Å². The van der Waals surface area contributed by atoms with E-state index in [1.54, 1.807) is 0 Å². The Balaban J connectivity index is 1.48. The van der Waals surface area contributed by atoms with Crippen LogP contribution in [0.3, 0.4) is 0 Å². The SMILES string of the molecule is Cc1cc(C)n(C[C@]23CCC(C)(C)C[C@H]2[C@H]2C(=O)C=C4[C@@]5(C)CC(C#N)=C(O)C(C)(C)[C@@H]5CC[C@@]4(C)[C@]2(C)CC3)n1. The van der Waals surface area contributed by atoms with Gasteiger partial charge in [-0.05, 0) is 116 Å². The first-order chi connectivity index (χ1) is 18.9. The van der Waals surface area contributed by atoms with Crippen molar-refractivity contribution < 1.29 is 9.90 Å². The van der Waals surface area contributed by atoms with E-state index in [4.69, 9.17) is 5.10 Å². The summed E-state index contributed by atoms with van der Waals surface area (Å²) in [6.07, 6.45) is 10.2. The smallest absolute Gasteiger partial charge is 0.159 e. The largest absolute Gasteiger partial charge is 0.511 e. The molecular weight excluding hydrogens is 506 g/mol. The van der Waals surface area contributed by atoms with E-state index in [0.29, 0.717) is 23.7 Å². The summed E-state index contributed by atoms with van der Waals surface area (Å²) in [7, 11) is 0. The van der Waals surface area contributed by atoms with E-state index < -0.39 is 5.41 Å². The zero-order chi connectivity index (χ0) is 30.0. The zero-order valence-electron chi connectivity index (χ0n) is 26.9. The Morgan fingerprint density at radius 2 is 1.73 bits per heavy atom. The molecule has 1 heterocycles. The molecular formula is C36H51N3O2. The van der Waals surface area contributed by atoms with Crippen LogP contribution in [0.2, 0.25) is 0 Å². The quantitative estimate of drug-likeness (QED) is 0.396. The normalized spacial score (nSPS) is 42.8. The highest BCUT2D eigenvalue weighted by Gasteiger charge is 2.69. The van der Waals surface area contributed by atoms with E-state index in [0.717, 1.165) is 50.8 Å². The fourth-order valence-electron chi connectivity index (χ4n) is 11.4. The van der Waals surface area contributed by atoms with Gasteiger partial charge in [-0.3, -0.25) is 9.48 Å². The van der Waals surface area contributed by atoms with Gasteiger partial charge < -0.3 is 5.11 Å². The van der Waals surface area contributed by atoms with Crippen LogP contribution in [0.5, 0.6) is 0 Å². The number of aliphatic hydroxyl groups excluding tert-OH is 1. The number of nitrogens with zero attached hydrogens (tertiary/aromatic N) is 3. The monoisotopic (exact) mass is 557 g/mol. The van der Waals surface area contributed by atoms with Crippen LogP contribution in [0.1, 0.15) is 111 Å². The van der Waals surface area contributed by atoms with E-state index in [2.05, 4.69) is 85.2 Å². The second-order valence-electron chi connectivity index (χ2n) is 17.0. The molecule has 222 valence electrons. The number of fused-ring (bicyclic) bond motifs is 7. The average molecular weight is 558 g/mol. The van der Waals surface area contributed by atoms with Gasteiger partial charge in [0.1, 0.15) is 5.76 Å². The minimum absolute atomic E-state index is 0.00215. The molecule has 0 aromatic carbocycles. The molecule has 0 bridgehead atoms. The van der Waals surface area contributed by atoms with Crippen LogP contribution >= 0.6 is 0 Å². The molecule has 6 rings (SSSR count). The number of aromatic nitrogens is 2. The molecule has 5 aliphatic carbocycles. The summed E-state index contributed by atoms with van der Waals surface area (Å²) in [5.41, 5.74) is 3.28. The number of aryl methyl sites for hydroxylation is 2. The zero-order valence-corrected chi connectivity index (χ0v) is 26.9. The van der Waals surface area contributed by atoms with Gasteiger partial charge in [-0.25, -0.2) is 0 Å². The molecule has 0 spiro atoms. The lowest BCUT2D eigenvalue weighted by molar-refractivity contribution is -0.175. The Bertz CT molecular complexity index is 1420. The van der Waals surface area contributed by atoms with Gasteiger partial charge in [-0.1, -0.05) is 54.0 Å². The third-order valence-corrected chi connectivity index (χ3v) is 13.9. The van der Waals surface area contributed by atoms with Gasteiger partial charge in [0.05, 0.1) is 17.3 Å². The molecule has 3 fully saturated rings. The van der Waals surface area contributed by atoms with Crippen LogP contribution in [-0.4, -0.2) is 20.7 Å². The molecule has 5 aliphatic rings. The van der Waals surface area contributed by atoms with Crippen LogP contribution in [0.15, 0.2) is 29.0 Å². The van der Waals surface area contributed by atoms with Crippen LogP contribution in [-0.2, 0) is 11.3 Å². The lowest BCUT2D eigenvalue weighted by atomic mass is 9.34. The maximum absolute atomic E-state index is 14.7. The van der Waals surface area contributed by atoms with Crippen molar-refractivity contribution in [3.8, 4) is 6.07 Å². The second kappa shape index (κ2) is 8.61. The Hall–Kier alpha value is -2.35. The fraction of sp³-hybridized carbons (Fsp3) is 0.750. The first-order valence-electron chi connectivity index (χ1n) is 16.0. The maximum atomic E-state index is 14.7. The molecule has 0 saturated heterocycles. The van der Waals surface area contributed by atoms with Gasteiger partial charge in [-0.15, -0.1) is 0 Å². The lowest BCUT2D eigenvalue weighted by Gasteiger charge is -2.69. The fourth-order valence-corrected chi connectivity index (χ4v) is 11.4. The van der Waals surface area contributed by atoms with Crippen molar-refractivity contribution in [2.45, 2.75) is 120 Å². The summed E-state index contributed by atoms with van der Waals surface area (Å²) in [5, 5.41) is 26.1. The van der Waals surface area contributed by atoms with E-state index in [9.17, 15) is 15.2 Å². The molecule has 41 heavy (non-hydrogen) atoms. The van der Waals surface area contributed by atoms with Gasteiger partial charge in [0.2, 0.25) is 0 Å². The van der Waals surface area contributed by atoms with Gasteiger partial charge in [0.25, 0.3) is 0 Å². The second-order valence-corrected chi connectivity index (χ2v) is 17.0. The number of aliphatic hydroxyl groups is 1. The average Bonchev–Trinajstić information content (AvgIpc) is 3.19. The van der Waals surface area contributed by atoms with Crippen LogP contribution in [0, 0.1) is 75.4 Å². The maximum Gasteiger partial charge on any atom is 0.159 e. The molecule has 0 amide bonds. The van der Waals surface area contributed by atoms with E-state index in [1.807, 2.05) is 0 Å². The van der Waals surface area contributed by atoms with E-state index in [1.165, 1.54) is 17.7 Å². The molecule has 0 aliphatic heterocycles. The summed E-state index contributed by atoms with van der Waals surface area (Å²) < 4.78 is 2.23. The van der Waals surface area contributed by atoms with E-state index >= 15 is 0 Å². The van der Waals surface area contributed by atoms with Crippen molar-refractivity contribution in [2.24, 2.45) is 50.2 Å². The molecule has 5 nitrogen and oxygen atoms in total. The highest BCUT2D eigenvalue weighted by Crippen LogP contribution is 2.75. The number of hydrogen-bond acceptors (Lipinski definition) is 4. The lowest BCUT2D eigenvalue weighted by Crippen LogP contribution is -2.65. The van der Waals surface area contributed by atoms with Crippen molar-refractivity contribution in [3.05, 3.63) is 40.4 Å². The number of ketones is 1. The topological polar surface area (TPSA) is 78.9 Å². The number of allylic oxidation sites excluding steroid dienone is 4. The number of nitriles is 1. The van der Waals surface area contributed by atoms with Gasteiger partial charge in [-0.2, -0.15) is 10.4 Å². The minimum atomic E-state index is -0.490. The van der Waals surface area contributed by atoms with E-state index in [-0.39, 0.29) is 44.7 Å². The number of carbonyl (C=O) groups excluding carboxylic acids is 1. The van der Waals surface area contributed by atoms with Gasteiger partial charge in [0, 0.05) is 23.6 Å². The Morgan fingerprint density at radius 3 is 2.37 bits per heavy atom. The molecule has 5 heteroatoms. The molecule has 1 N–H and O–H groups in total. The Labute approximate surface area is 247 Å². The highest BCUT2D eigenvalue weighted by atomic mass is 16.3. The summed E-state index contributed by atoms with van der Waals surface area (Å²) in [6, 6.07) is 4.52. The van der Waals surface area contributed by atoms with Crippen molar-refractivity contribution >= 4 is 5.78 Å². The molecule has 1 aromatic heterocycles. The standard InChI is InChI=1S/C36H51N3O2/c1-22-16-23(2)39(38-22)21-36-14-12-31(3,4)19-25(36)29-26(40)17-28-33(7)18-24(20-37)30(41)32(5,6)27(33)10-11-34(28,8)35(29,9)13-15-36/h16-17,25,27,29,41H,10-15,18-19,21H2,1-9H3/t25-,27-,29-,33-,34+,35+,36+/m0/s1. The van der Waals surface area contributed by atoms with Crippen molar-refractivity contribution in [2.75, 3.05) is 0 Å². The summed E-state index contributed by atoms with van der Waals surface area (Å²) >= 11 is 0. The molecule has 0 radical (unpaired) electrons. The number of rotatable bonds is 2. The predicted octanol–water partition coefficient (Wildman–Crippen LogP) is 8.43. The molecule has 1 aromatic rings. The number of hydrogen-bond donors (Lipinski definition) is 1. The van der Waals surface area contributed by atoms with Crippen molar-refractivity contribution in [1.29, 1.82) is 5.26 Å². The molecule has 0 unspecified atom stereocenters. The molecule has 7 atom stereocenters.